The summed E-state index contributed by atoms with van der Waals surface area (Å²) in [7, 11) is 0. The number of aromatic hydroxyl groups is 1. The minimum Gasteiger partial charge on any atom is -0.508 e. The van der Waals surface area contributed by atoms with Crippen LogP contribution in [-0.2, 0) is 35.2 Å². The fourth-order valence-electron chi connectivity index (χ4n) is 3.93. The number of carboxylic acids is 3. The van der Waals surface area contributed by atoms with Crippen molar-refractivity contribution in [3.05, 3.63) is 29.8 Å². The summed E-state index contributed by atoms with van der Waals surface area (Å²) in [6, 6.07) is 0.431. The monoisotopic (exact) mass is 522 g/mol. The number of aliphatic carboxylic acids is 3. The Morgan fingerprint density at radius 2 is 1.57 bits per heavy atom. The number of phenols is 1. The van der Waals surface area contributed by atoms with Crippen LogP contribution in [0.25, 0.3) is 0 Å². The van der Waals surface area contributed by atoms with E-state index in [0.717, 1.165) is 4.90 Å². The predicted octanol–water partition coefficient (Wildman–Crippen LogP) is -1.35. The van der Waals surface area contributed by atoms with Crippen LogP contribution in [0.15, 0.2) is 24.3 Å². The first kappa shape index (κ1) is 29.0. The van der Waals surface area contributed by atoms with E-state index in [0.29, 0.717) is 12.0 Å². The van der Waals surface area contributed by atoms with E-state index in [1.54, 1.807) is 0 Å². The molecule has 0 radical (unpaired) electrons. The number of nitrogens with one attached hydrogen (secondary N) is 2. The van der Waals surface area contributed by atoms with Gasteiger partial charge >= 0.3 is 17.9 Å². The topological polar surface area (TPSA) is 237 Å². The van der Waals surface area contributed by atoms with Gasteiger partial charge in [-0.25, -0.2) is 4.79 Å². The molecular formula is C23H30N4O10. The number of hydrogen-bond donors (Lipinski definition) is 7. The Balaban J connectivity index is 2.14. The van der Waals surface area contributed by atoms with Gasteiger partial charge in [0, 0.05) is 13.0 Å². The standard InChI is InChI=1S/C23H30N4O10/c24-14(10-12-3-5-13(28)6-4-12)20(33)26-16(11-19(31)32)21(34)25-15(7-8-18(29)30)22(35)27-9-1-2-17(27)23(36)37/h3-6,14-17,28H,1-2,7-11,24H2,(H,25,34)(H,26,33)(H,29,30)(H,31,32)(H,36,37). The highest BCUT2D eigenvalue weighted by Crippen LogP contribution is 2.20. The third kappa shape index (κ3) is 8.75. The van der Waals surface area contributed by atoms with Gasteiger partial charge in [0.15, 0.2) is 0 Å². The lowest BCUT2D eigenvalue weighted by molar-refractivity contribution is -0.150. The average molecular weight is 523 g/mol. The number of benzene rings is 1. The van der Waals surface area contributed by atoms with E-state index >= 15 is 0 Å². The van der Waals surface area contributed by atoms with E-state index in [-0.39, 0.29) is 31.6 Å². The highest BCUT2D eigenvalue weighted by Gasteiger charge is 2.38. The van der Waals surface area contributed by atoms with Crippen molar-refractivity contribution >= 4 is 35.6 Å². The van der Waals surface area contributed by atoms with Crippen molar-refractivity contribution in [1.82, 2.24) is 15.5 Å². The second-order valence-electron chi connectivity index (χ2n) is 8.66. The molecule has 0 bridgehead atoms. The molecule has 202 valence electrons. The van der Waals surface area contributed by atoms with Crippen LogP contribution in [0, 0.1) is 0 Å². The van der Waals surface area contributed by atoms with Crippen LogP contribution in [0.5, 0.6) is 5.75 Å². The van der Waals surface area contributed by atoms with Gasteiger partial charge in [-0.15, -0.1) is 0 Å². The first-order valence-electron chi connectivity index (χ1n) is 11.5. The summed E-state index contributed by atoms with van der Waals surface area (Å²) in [5.41, 5.74) is 6.48. The Labute approximate surface area is 211 Å². The van der Waals surface area contributed by atoms with Crippen molar-refractivity contribution in [2.45, 2.75) is 62.7 Å². The molecule has 14 nitrogen and oxygen atoms in total. The Bertz CT molecular complexity index is 1030. The maximum atomic E-state index is 13.0. The third-order valence-corrected chi connectivity index (χ3v) is 5.82. The molecule has 3 amide bonds. The van der Waals surface area contributed by atoms with Crippen molar-refractivity contribution in [1.29, 1.82) is 0 Å². The zero-order chi connectivity index (χ0) is 27.7. The molecule has 1 aromatic rings. The SMILES string of the molecule is NC(Cc1ccc(O)cc1)C(=O)NC(CC(=O)O)C(=O)NC(CCC(=O)O)C(=O)N1CCCC1C(=O)O. The van der Waals surface area contributed by atoms with Crippen LogP contribution < -0.4 is 16.4 Å². The molecule has 1 saturated heterocycles. The minimum absolute atomic E-state index is 0.00979. The number of carbonyl (C=O) groups excluding carboxylic acids is 3. The van der Waals surface area contributed by atoms with Gasteiger partial charge in [0.1, 0.15) is 23.9 Å². The Morgan fingerprint density at radius 1 is 0.946 bits per heavy atom. The predicted molar refractivity (Wildman–Crippen MR) is 125 cm³/mol. The van der Waals surface area contributed by atoms with Gasteiger partial charge in [-0.05, 0) is 43.4 Å². The van der Waals surface area contributed by atoms with Gasteiger partial charge in [0.2, 0.25) is 17.7 Å². The smallest absolute Gasteiger partial charge is 0.326 e. The van der Waals surface area contributed by atoms with E-state index in [4.69, 9.17) is 10.8 Å². The zero-order valence-electron chi connectivity index (χ0n) is 19.8. The van der Waals surface area contributed by atoms with Crippen LogP contribution in [0.3, 0.4) is 0 Å². The molecule has 0 spiro atoms. The maximum Gasteiger partial charge on any atom is 0.326 e. The molecule has 2 rings (SSSR count). The molecule has 1 aromatic carbocycles. The molecule has 0 saturated carbocycles. The van der Waals surface area contributed by atoms with Gasteiger partial charge < -0.3 is 41.7 Å². The fourth-order valence-corrected chi connectivity index (χ4v) is 3.93. The quantitative estimate of drug-likeness (QED) is 0.160. The highest BCUT2D eigenvalue weighted by molar-refractivity contribution is 5.96. The zero-order valence-corrected chi connectivity index (χ0v) is 19.8. The van der Waals surface area contributed by atoms with Crippen LogP contribution in [0.2, 0.25) is 0 Å². The Kier molecular flexibility index (Phi) is 10.4. The van der Waals surface area contributed by atoms with E-state index in [2.05, 4.69) is 10.6 Å². The molecule has 14 heteroatoms. The number of rotatable bonds is 13. The normalized spacial score (nSPS) is 17.3. The number of nitrogens with two attached hydrogens (primary N) is 1. The molecule has 1 fully saturated rings. The highest BCUT2D eigenvalue weighted by atomic mass is 16.4. The Morgan fingerprint density at radius 3 is 2.14 bits per heavy atom. The van der Waals surface area contributed by atoms with Crippen LogP contribution in [-0.4, -0.2) is 91.7 Å². The molecule has 0 aliphatic carbocycles. The largest absolute Gasteiger partial charge is 0.508 e. The fraction of sp³-hybridized carbons (Fsp3) is 0.478. The van der Waals surface area contributed by atoms with Crippen molar-refractivity contribution < 1.29 is 49.2 Å². The number of nitrogens with zero attached hydrogens (tertiary/aromatic N) is 1. The summed E-state index contributed by atoms with van der Waals surface area (Å²) in [6.45, 7) is 0.0939. The number of hydrogen-bond acceptors (Lipinski definition) is 8. The average Bonchev–Trinajstić information content (AvgIpc) is 3.32. The van der Waals surface area contributed by atoms with Gasteiger partial charge in [-0.1, -0.05) is 12.1 Å². The van der Waals surface area contributed by atoms with Crippen LogP contribution in [0.4, 0.5) is 0 Å². The Hall–Kier alpha value is -4.20. The molecule has 0 aromatic heterocycles. The lowest BCUT2D eigenvalue weighted by atomic mass is 10.0. The van der Waals surface area contributed by atoms with Crippen molar-refractivity contribution in [2.75, 3.05) is 6.54 Å². The van der Waals surface area contributed by atoms with Gasteiger partial charge in [0.05, 0.1) is 12.5 Å². The van der Waals surface area contributed by atoms with Crippen molar-refractivity contribution in [3.63, 3.8) is 0 Å². The van der Waals surface area contributed by atoms with Gasteiger partial charge in [-0.3, -0.25) is 24.0 Å². The molecule has 1 heterocycles. The van der Waals surface area contributed by atoms with Gasteiger partial charge in [-0.2, -0.15) is 0 Å². The van der Waals surface area contributed by atoms with Gasteiger partial charge in [0.25, 0.3) is 0 Å². The number of carbonyl (C=O) groups is 6. The van der Waals surface area contributed by atoms with E-state index < -0.39 is 72.6 Å². The summed E-state index contributed by atoms with van der Waals surface area (Å²) < 4.78 is 0. The number of likely N-dealkylation sites (tertiary alicyclic amines) is 1. The van der Waals surface area contributed by atoms with Crippen molar-refractivity contribution in [2.24, 2.45) is 5.73 Å². The molecule has 4 unspecified atom stereocenters. The molecule has 1 aliphatic heterocycles. The minimum atomic E-state index is -1.65. The lowest BCUT2D eigenvalue weighted by Gasteiger charge is -2.28. The molecule has 1 aliphatic rings. The number of carboxylic acid groups (broad SMARTS) is 3. The number of amides is 3. The summed E-state index contributed by atoms with van der Waals surface area (Å²) in [5, 5.41) is 41.5. The van der Waals surface area contributed by atoms with E-state index in [9.17, 15) is 44.1 Å². The summed E-state index contributed by atoms with van der Waals surface area (Å²) in [5.74, 6) is -6.67. The number of phenolic OH excluding ortho intramolecular Hbond substituents is 1. The maximum absolute atomic E-state index is 13.0. The second kappa shape index (κ2) is 13.2. The summed E-state index contributed by atoms with van der Waals surface area (Å²) >= 11 is 0. The molecule has 8 N–H and O–H groups in total. The van der Waals surface area contributed by atoms with E-state index in [1.807, 2.05) is 0 Å². The van der Waals surface area contributed by atoms with E-state index in [1.165, 1.54) is 24.3 Å². The summed E-state index contributed by atoms with van der Waals surface area (Å²) in [4.78, 5) is 73.5. The molecule has 37 heavy (non-hydrogen) atoms. The molecule has 4 atom stereocenters. The molecular weight excluding hydrogens is 492 g/mol. The summed E-state index contributed by atoms with van der Waals surface area (Å²) in [6.07, 6.45) is -1.16. The van der Waals surface area contributed by atoms with Crippen LogP contribution in [0.1, 0.15) is 37.7 Å². The lowest BCUT2D eigenvalue weighted by Crippen LogP contribution is -2.57. The van der Waals surface area contributed by atoms with Crippen molar-refractivity contribution in [3.8, 4) is 5.75 Å². The first-order valence-corrected chi connectivity index (χ1v) is 11.5. The van der Waals surface area contributed by atoms with Crippen LogP contribution >= 0.6 is 0 Å². The second-order valence-corrected chi connectivity index (χ2v) is 8.66. The third-order valence-electron chi connectivity index (χ3n) is 5.82. The first-order chi connectivity index (χ1) is 17.4.